The Bertz CT molecular complexity index is 1020. The number of nitrogens with one attached hydrogen (secondary N) is 4. The second kappa shape index (κ2) is 9.93. The number of carbonyl (C=O) groups is 2. The Labute approximate surface area is 182 Å². The van der Waals surface area contributed by atoms with Crippen molar-refractivity contribution in [1.82, 2.24) is 15.4 Å². The molecule has 1 fully saturated rings. The highest BCUT2D eigenvalue weighted by Crippen LogP contribution is 2.23. The molecule has 1 atom stereocenters. The van der Waals surface area contributed by atoms with Crippen LogP contribution in [0.3, 0.4) is 0 Å². The molecule has 166 valence electrons. The first-order valence-electron chi connectivity index (χ1n) is 10.3. The fourth-order valence-electron chi connectivity index (χ4n) is 2.96. The SMILES string of the molecule is CC(C)C(NC(=O)NCc1ccccc1)C(=O)Nc1cccc(S(=O)(=O)NC2CC2)c1. The van der Waals surface area contributed by atoms with Crippen LogP contribution < -0.4 is 20.7 Å². The van der Waals surface area contributed by atoms with Gasteiger partial charge in [0.1, 0.15) is 6.04 Å². The fraction of sp³-hybridized carbons (Fsp3) is 0.364. The van der Waals surface area contributed by atoms with Crippen LogP contribution in [-0.2, 0) is 21.4 Å². The minimum atomic E-state index is -3.63. The molecule has 0 heterocycles. The van der Waals surface area contributed by atoms with Gasteiger partial charge in [-0.15, -0.1) is 0 Å². The molecule has 1 unspecified atom stereocenters. The van der Waals surface area contributed by atoms with Gasteiger partial charge < -0.3 is 16.0 Å². The zero-order valence-electron chi connectivity index (χ0n) is 17.6. The van der Waals surface area contributed by atoms with E-state index in [1.165, 1.54) is 12.1 Å². The van der Waals surface area contributed by atoms with Crippen LogP contribution in [0.5, 0.6) is 0 Å². The first kappa shape index (κ1) is 22.8. The quantitative estimate of drug-likeness (QED) is 0.476. The lowest BCUT2D eigenvalue weighted by atomic mass is 10.0. The average molecular weight is 445 g/mol. The minimum Gasteiger partial charge on any atom is -0.334 e. The number of amides is 3. The molecule has 3 rings (SSSR count). The van der Waals surface area contributed by atoms with Gasteiger partial charge in [-0.05, 0) is 42.5 Å². The first-order valence-corrected chi connectivity index (χ1v) is 11.7. The summed E-state index contributed by atoms with van der Waals surface area (Å²) in [5, 5.41) is 8.14. The summed E-state index contributed by atoms with van der Waals surface area (Å²) < 4.78 is 27.4. The van der Waals surface area contributed by atoms with E-state index in [-0.39, 0.29) is 16.9 Å². The van der Waals surface area contributed by atoms with Gasteiger partial charge in [0.2, 0.25) is 15.9 Å². The van der Waals surface area contributed by atoms with Crippen LogP contribution in [-0.4, -0.2) is 32.4 Å². The van der Waals surface area contributed by atoms with Crippen molar-refractivity contribution in [3.05, 3.63) is 60.2 Å². The zero-order chi connectivity index (χ0) is 22.4. The zero-order valence-corrected chi connectivity index (χ0v) is 18.4. The van der Waals surface area contributed by atoms with E-state index >= 15 is 0 Å². The van der Waals surface area contributed by atoms with Crippen LogP contribution in [0.4, 0.5) is 10.5 Å². The van der Waals surface area contributed by atoms with E-state index in [1.54, 1.807) is 12.1 Å². The molecule has 3 amide bonds. The summed E-state index contributed by atoms with van der Waals surface area (Å²) in [6.45, 7) is 3.98. The van der Waals surface area contributed by atoms with E-state index in [4.69, 9.17) is 0 Å². The minimum absolute atomic E-state index is 0.00725. The van der Waals surface area contributed by atoms with E-state index in [1.807, 2.05) is 44.2 Å². The van der Waals surface area contributed by atoms with Gasteiger partial charge in [-0.3, -0.25) is 4.79 Å². The van der Waals surface area contributed by atoms with Gasteiger partial charge in [0.05, 0.1) is 4.90 Å². The van der Waals surface area contributed by atoms with Crippen molar-refractivity contribution in [2.24, 2.45) is 5.92 Å². The van der Waals surface area contributed by atoms with Crippen molar-refractivity contribution < 1.29 is 18.0 Å². The summed E-state index contributed by atoms with van der Waals surface area (Å²) in [4.78, 5) is 25.2. The molecule has 0 saturated heterocycles. The second-order valence-corrected chi connectivity index (χ2v) is 9.66. The van der Waals surface area contributed by atoms with E-state index in [0.29, 0.717) is 12.2 Å². The molecule has 31 heavy (non-hydrogen) atoms. The highest BCUT2D eigenvalue weighted by atomic mass is 32.2. The van der Waals surface area contributed by atoms with Crippen molar-refractivity contribution in [3.8, 4) is 0 Å². The highest BCUT2D eigenvalue weighted by Gasteiger charge is 2.28. The van der Waals surface area contributed by atoms with Crippen LogP contribution >= 0.6 is 0 Å². The van der Waals surface area contributed by atoms with Gasteiger partial charge in [-0.1, -0.05) is 50.2 Å². The molecule has 0 radical (unpaired) electrons. The molecule has 0 bridgehead atoms. The largest absolute Gasteiger partial charge is 0.334 e. The summed E-state index contributed by atoms with van der Waals surface area (Å²) >= 11 is 0. The Morgan fingerprint density at radius 1 is 1.03 bits per heavy atom. The third-order valence-electron chi connectivity index (χ3n) is 4.84. The molecule has 0 spiro atoms. The Balaban J connectivity index is 1.61. The number of sulfonamides is 1. The Hall–Kier alpha value is -2.91. The van der Waals surface area contributed by atoms with Gasteiger partial charge in [-0.2, -0.15) is 0 Å². The van der Waals surface area contributed by atoms with Gasteiger partial charge in [-0.25, -0.2) is 17.9 Å². The van der Waals surface area contributed by atoms with Crippen LogP contribution in [0, 0.1) is 5.92 Å². The number of carbonyl (C=O) groups excluding carboxylic acids is 2. The van der Waals surface area contributed by atoms with Gasteiger partial charge in [0.15, 0.2) is 0 Å². The summed E-state index contributed by atoms with van der Waals surface area (Å²) in [5.74, 6) is -0.597. The predicted molar refractivity (Wildman–Crippen MR) is 119 cm³/mol. The summed E-state index contributed by atoms with van der Waals surface area (Å²) in [5.41, 5.74) is 1.29. The number of rotatable bonds is 9. The molecule has 9 heteroatoms. The molecule has 8 nitrogen and oxygen atoms in total. The van der Waals surface area contributed by atoms with Crippen LogP contribution in [0.15, 0.2) is 59.5 Å². The fourth-order valence-corrected chi connectivity index (χ4v) is 4.31. The number of urea groups is 1. The highest BCUT2D eigenvalue weighted by molar-refractivity contribution is 7.89. The molecular formula is C22H28N4O4S. The maximum absolute atomic E-state index is 12.8. The van der Waals surface area contributed by atoms with Crippen molar-refractivity contribution in [2.75, 3.05) is 5.32 Å². The molecule has 1 aliphatic rings. The smallest absolute Gasteiger partial charge is 0.315 e. The topological polar surface area (TPSA) is 116 Å². The predicted octanol–water partition coefficient (Wildman–Crippen LogP) is 2.59. The Morgan fingerprint density at radius 2 is 1.74 bits per heavy atom. The van der Waals surface area contributed by atoms with Crippen molar-refractivity contribution in [2.45, 2.75) is 50.2 Å². The molecule has 2 aromatic rings. The van der Waals surface area contributed by atoms with Crippen LogP contribution in [0.1, 0.15) is 32.3 Å². The molecule has 4 N–H and O–H groups in total. The lowest BCUT2D eigenvalue weighted by molar-refractivity contribution is -0.118. The van der Waals surface area contributed by atoms with E-state index in [0.717, 1.165) is 18.4 Å². The third kappa shape index (κ3) is 6.80. The molecular weight excluding hydrogens is 416 g/mol. The van der Waals surface area contributed by atoms with Gasteiger partial charge >= 0.3 is 6.03 Å². The number of hydrogen-bond donors (Lipinski definition) is 4. The van der Waals surface area contributed by atoms with Crippen LogP contribution in [0.25, 0.3) is 0 Å². The van der Waals surface area contributed by atoms with Gasteiger partial charge in [0, 0.05) is 18.3 Å². The lowest BCUT2D eigenvalue weighted by Crippen LogP contribution is -2.50. The van der Waals surface area contributed by atoms with E-state index < -0.39 is 28.0 Å². The van der Waals surface area contributed by atoms with Crippen molar-refractivity contribution in [1.29, 1.82) is 0 Å². The second-order valence-electron chi connectivity index (χ2n) is 7.95. The third-order valence-corrected chi connectivity index (χ3v) is 6.36. The summed E-state index contributed by atoms with van der Waals surface area (Å²) in [6.07, 6.45) is 1.67. The maximum Gasteiger partial charge on any atom is 0.315 e. The molecule has 2 aromatic carbocycles. The monoisotopic (exact) mass is 444 g/mol. The maximum atomic E-state index is 12.8. The van der Waals surface area contributed by atoms with Gasteiger partial charge in [0.25, 0.3) is 0 Å². The molecule has 0 aromatic heterocycles. The lowest BCUT2D eigenvalue weighted by Gasteiger charge is -2.22. The molecule has 1 aliphatic carbocycles. The number of hydrogen-bond acceptors (Lipinski definition) is 4. The standard InChI is InChI=1S/C22H28N4O4S/c1-15(2)20(25-22(28)23-14-16-7-4-3-5-8-16)21(27)24-18-9-6-10-19(13-18)31(29,30)26-17-11-12-17/h3-10,13,15,17,20,26H,11-12,14H2,1-2H3,(H,24,27)(H2,23,25,28). The summed E-state index contributed by atoms with van der Waals surface area (Å²) in [6, 6.07) is 14.3. The Morgan fingerprint density at radius 3 is 2.39 bits per heavy atom. The van der Waals surface area contributed by atoms with Crippen LogP contribution in [0.2, 0.25) is 0 Å². The normalized spacial score (nSPS) is 14.7. The van der Waals surface area contributed by atoms with Crippen molar-refractivity contribution >= 4 is 27.6 Å². The molecule has 0 aliphatic heterocycles. The number of benzene rings is 2. The van der Waals surface area contributed by atoms with E-state index in [9.17, 15) is 18.0 Å². The first-order chi connectivity index (χ1) is 14.7. The summed E-state index contributed by atoms with van der Waals surface area (Å²) in [7, 11) is -3.63. The average Bonchev–Trinajstić information content (AvgIpc) is 3.54. The van der Waals surface area contributed by atoms with E-state index in [2.05, 4.69) is 20.7 Å². The number of anilines is 1. The Kier molecular flexibility index (Phi) is 7.29. The van der Waals surface area contributed by atoms with Crippen molar-refractivity contribution in [3.63, 3.8) is 0 Å². The molecule has 1 saturated carbocycles.